The molecule has 1 heterocycles. The molecule has 92 valence electrons. The van der Waals surface area contributed by atoms with Gasteiger partial charge in [0.1, 0.15) is 0 Å². The molecule has 0 fully saturated rings. The monoisotopic (exact) mass is 246 g/mol. The number of rotatable bonds is 3. The Kier molecular flexibility index (Phi) is 3.09. The van der Waals surface area contributed by atoms with Crippen LogP contribution in [0.5, 0.6) is 0 Å². The highest BCUT2D eigenvalue weighted by Gasteiger charge is 2.15. The third-order valence-corrected chi connectivity index (χ3v) is 2.54. The maximum Gasteiger partial charge on any atom is 0.340 e. The zero-order valence-corrected chi connectivity index (χ0v) is 9.54. The third kappa shape index (κ3) is 2.08. The summed E-state index contributed by atoms with van der Waals surface area (Å²) in [6.45, 7) is 0. The lowest BCUT2D eigenvalue weighted by Crippen LogP contribution is -2.01. The number of methoxy groups -OCH3 is 1. The smallest absolute Gasteiger partial charge is 0.340 e. The van der Waals surface area contributed by atoms with Gasteiger partial charge in [-0.05, 0) is 17.7 Å². The van der Waals surface area contributed by atoms with Crippen molar-refractivity contribution in [3.63, 3.8) is 0 Å². The van der Waals surface area contributed by atoms with Crippen LogP contribution in [0.4, 0.5) is 5.69 Å². The van der Waals surface area contributed by atoms with Crippen molar-refractivity contribution in [1.29, 1.82) is 0 Å². The fourth-order valence-electron chi connectivity index (χ4n) is 1.64. The van der Waals surface area contributed by atoms with Crippen molar-refractivity contribution in [3.8, 4) is 11.1 Å². The van der Waals surface area contributed by atoms with Crippen LogP contribution in [0.3, 0.4) is 0 Å². The lowest BCUT2D eigenvalue weighted by atomic mass is 10.0. The van der Waals surface area contributed by atoms with E-state index in [4.69, 9.17) is 0 Å². The van der Waals surface area contributed by atoms with Crippen LogP contribution in [-0.2, 0) is 4.74 Å². The first-order valence-corrected chi connectivity index (χ1v) is 5.13. The Hall–Kier alpha value is -2.63. The van der Waals surface area contributed by atoms with Gasteiger partial charge in [0, 0.05) is 30.1 Å². The van der Waals surface area contributed by atoms with E-state index < -0.39 is 10.9 Å². The van der Waals surface area contributed by atoms with E-state index in [0.717, 1.165) is 0 Å². The largest absolute Gasteiger partial charge is 0.465 e. The normalized spacial score (nSPS) is 10.1. The summed E-state index contributed by atoms with van der Waals surface area (Å²) < 4.78 is 4.65. The van der Waals surface area contributed by atoms with E-state index in [1.165, 1.54) is 25.4 Å². The molecule has 2 aromatic rings. The molecule has 6 nitrogen and oxygen atoms in total. The summed E-state index contributed by atoms with van der Waals surface area (Å²) in [6, 6.07) is 5.97. The fourth-order valence-corrected chi connectivity index (χ4v) is 1.64. The second-order valence-corrected chi connectivity index (χ2v) is 3.58. The van der Waals surface area contributed by atoms with E-state index in [0.29, 0.717) is 16.7 Å². The van der Waals surface area contributed by atoms with E-state index in [9.17, 15) is 14.9 Å². The maximum absolute atomic E-state index is 11.5. The van der Waals surface area contributed by atoms with Crippen LogP contribution in [0.25, 0.3) is 11.1 Å². The fraction of sp³-hybridized carbons (Fsp3) is 0.0833. The van der Waals surface area contributed by atoms with E-state index in [2.05, 4.69) is 9.72 Å². The van der Waals surface area contributed by atoms with Crippen molar-refractivity contribution in [2.75, 3.05) is 7.11 Å². The average molecular weight is 246 g/mol. The van der Waals surface area contributed by atoms with E-state index >= 15 is 0 Å². The number of nitrogens with one attached hydrogen (secondary N) is 1. The number of carbonyl (C=O) groups is 1. The highest BCUT2D eigenvalue weighted by Crippen LogP contribution is 2.25. The number of nitro groups is 1. The Balaban J connectivity index is 2.40. The minimum atomic E-state index is -0.470. The van der Waals surface area contributed by atoms with Crippen LogP contribution in [0.2, 0.25) is 0 Å². The number of carbonyl (C=O) groups excluding carboxylic acids is 1. The van der Waals surface area contributed by atoms with Crippen LogP contribution in [0, 0.1) is 10.1 Å². The molecule has 1 aromatic heterocycles. The zero-order valence-electron chi connectivity index (χ0n) is 9.54. The highest BCUT2D eigenvalue weighted by atomic mass is 16.6. The van der Waals surface area contributed by atoms with Gasteiger partial charge in [0.2, 0.25) is 0 Å². The maximum atomic E-state index is 11.5. The second-order valence-electron chi connectivity index (χ2n) is 3.58. The van der Waals surface area contributed by atoms with Crippen LogP contribution >= 0.6 is 0 Å². The highest BCUT2D eigenvalue weighted by molar-refractivity contribution is 5.97. The number of nitrogens with zero attached hydrogens (tertiary/aromatic N) is 1. The van der Waals surface area contributed by atoms with Gasteiger partial charge >= 0.3 is 5.97 Å². The number of hydrogen-bond acceptors (Lipinski definition) is 4. The number of nitro benzene ring substituents is 1. The summed E-state index contributed by atoms with van der Waals surface area (Å²) in [4.78, 5) is 24.4. The third-order valence-electron chi connectivity index (χ3n) is 2.54. The van der Waals surface area contributed by atoms with Crippen LogP contribution in [-0.4, -0.2) is 23.0 Å². The molecule has 0 aliphatic rings. The number of aromatic nitrogens is 1. The number of non-ortho nitro benzene ring substituents is 1. The van der Waals surface area contributed by atoms with E-state index in [1.54, 1.807) is 18.3 Å². The summed E-state index contributed by atoms with van der Waals surface area (Å²) in [6.07, 6.45) is 3.18. The topological polar surface area (TPSA) is 85.2 Å². The van der Waals surface area contributed by atoms with Gasteiger partial charge in [-0.1, -0.05) is 0 Å². The molecule has 2 rings (SSSR count). The first kappa shape index (κ1) is 11.8. The molecule has 0 amide bonds. The molecule has 0 atom stereocenters. The van der Waals surface area contributed by atoms with Gasteiger partial charge in [-0.25, -0.2) is 4.79 Å². The minimum Gasteiger partial charge on any atom is -0.465 e. The number of H-pyrrole nitrogens is 1. The lowest BCUT2D eigenvalue weighted by Gasteiger charge is -2.02. The van der Waals surface area contributed by atoms with Crippen LogP contribution in [0.15, 0.2) is 36.7 Å². The summed E-state index contributed by atoms with van der Waals surface area (Å²) in [5, 5.41) is 10.5. The zero-order chi connectivity index (χ0) is 13.1. The Morgan fingerprint density at radius 3 is 2.50 bits per heavy atom. The quantitative estimate of drug-likeness (QED) is 0.511. The predicted octanol–water partition coefficient (Wildman–Crippen LogP) is 2.38. The Bertz CT molecular complexity index is 586. The van der Waals surface area contributed by atoms with Crippen LogP contribution in [0.1, 0.15) is 10.4 Å². The van der Waals surface area contributed by atoms with Crippen LogP contribution < -0.4 is 0 Å². The molecule has 0 unspecified atom stereocenters. The number of aromatic amines is 1. The van der Waals surface area contributed by atoms with Crippen molar-refractivity contribution in [2.45, 2.75) is 0 Å². The molecular weight excluding hydrogens is 236 g/mol. The molecule has 1 N–H and O–H groups in total. The standard InChI is InChI=1S/C12H10N2O4/c1-18-12(15)11-7-13-6-10(11)8-2-4-9(5-3-8)14(16)17/h2-7,13H,1H3. The van der Waals surface area contributed by atoms with Crippen molar-refractivity contribution in [1.82, 2.24) is 4.98 Å². The van der Waals surface area contributed by atoms with E-state index in [-0.39, 0.29) is 5.69 Å². The van der Waals surface area contributed by atoms with Gasteiger partial charge < -0.3 is 9.72 Å². The number of ether oxygens (including phenoxy) is 1. The molecule has 18 heavy (non-hydrogen) atoms. The van der Waals surface area contributed by atoms with Crippen molar-refractivity contribution in [3.05, 3.63) is 52.3 Å². The van der Waals surface area contributed by atoms with Gasteiger partial charge in [0.15, 0.2) is 0 Å². The molecule has 1 aromatic carbocycles. The van der Waals surface area contributed by atoms with Gasteiger partial charge in [0.05, 0.1) is 17.6 Å². The molecule has 0 saturated carbocycles. The van der Waals surface area contributed by atoms with Crippen molar-refractivity contribution in [2.24, 2.45) is 0 Å². The van der Waals surface area contributed by atoms with Gasteiger partial charge in [0.25, 0.3) is 5.69 Å². The predicted molar refractivity (Wildman–Crippen MR) is 64.2 cm³/mol. The van der Waals surface area contributed by atoms with Gasteiger partial charge in [-0.15, -0.1) is 0 Å². The molecule has 6 heteroatoms. The van der Waals surface area contributed by atoms with Gasteiger partial charge in [-0.3, -0.25) is 10.1 Å². The molecular formula is C12H10N2O4. The Morgan fingerprint density at radius 1 is 1.28 bits per heavy atom. The molecule has 0 saturated heterocycles. The first-order chi connectivity index (χ1) is 8.63. The molecule has 0 spiro atoms. The molecule has 0 aliphatic carbocycles. The minimum absolute atomic E-state index is 0.00824. The first-order valence-electron chi connectivity index (χ1n) is 5.13. The SMILES string of the molecule is COC(=O)c1c[nH]cc1-c1ccc([N+](=O)[O-])cc1. The number of hydrogen-bond donors (Lipinski definition) is 1. The average Bonchev–Trinajstić information content (AvgIpc) is 2.87. The summed E-state index contributed by atoms with van der Waals surface area (Å²) in [7, 11) is 1.30. The molecule has 0 bridgehead atoms. The molecule has 0 aliphatic heterocycles. The Morgan fingerprint density at radius 2 is 1.94 bits per heavy atom. The summed E-state index contributed by atoms with van der Waals surface area (Å²) >= 11 is 0. The van der Waals surface area contributed by atoms with Gasteiger partial charge in [-0.2, -0.15) is 0 Å². The lowest BCUT2D eigenvalue weighted by molar-refractivity contribution is -0.384. The molecule has 0 radical (unpaired) electrons. The number of benzene rings is 1. The van der Waals surface area contributed by atoms with Crippen molar-refractivity contribution < 1.29 is 14.5 Å². The van der Waals surface area contributed by atoms with Crippen molar-refractivity contribution >= 4 is 11.7 Å². The number of esters is 1. The summed E-state index contributed by atoms with van der Waals surface area (Å²) in [5.74, 6) is -0.454. The Labute approximate surface area is 102 Å². The van der Waals surface area contributed by atoms with E-state index in [1.807, 2.05) is 0 Å². The summed E-state index contributed by atoms with van der Waals surface area (Å²) in [5.41, 5.74) is 1.76. The second kappa shape index (κ2) is 4.70.